The average Bonchev–Trinajstić information content (AvgIpc) is 2.65. The first-order chi connectivity index (χ1) is 8.99. The second-order valence-electron chi connectivity index (χ2n) is 4.47. The van der Waals surface area contributed by atoms with Crippen molar-refractivity contribution in [3.63, 3.8) is 0 Å². The number of nitrogens with zero attached hydrogens (tertiary/aromatic N) is 2. The number of rotatable bonds is 3. The highest BCUT2D eigenvalue weighted by molar-refractivity contribution is 5.85. The normalized spacial score (nSPS) is 11.1. The number of aliphatic carboxylic acids is 1. The molecular weight excluding hydrogens is 240 g/mol. The molecule has 1 heterocycles. The number of carboxylic acids is 1. The standard InChI is InChI=1S/C15H16N2O2/c1-10-11(2)16-17(12(10)3)14-7-4-13(5-8-14)6-9-15(18)19/h4-9H,1-3H3,(H,18,19). The molecule has 4 heteroatoms. The van der Waals surface area contributed by atoms with Crippen molar-refractivity contribution in [2.24, 2.45) is 0 Å². The molecule has 98 valence electrons. The van der Waals surface area contributed by atoms with Gasteiger partial charge in [-0.3, -0.25) is 0 Å². The maximum absolute atomic E-state index is 10.4. The second kappa shape index (κ2) is 5.10. The quantitative estimate of drug-likeness (QED) is 0.859. The Labute approximate surface area is 112 Å². The van der Waals surface area contributed by atoms with E-state index in [9.17, 15) is 4.79 Å². The van der Waals surface area contributed by atoms with Crippen LogP contribution in [-0.4, -0.2) is 20.9 Å². The fourth-order valence-corrected chi connectivity index (χ4v) is 1.87. The van der Waals surface area contributed by atoms with Crippen LogP contribution in [0.4, 0.5) is 0 Å². The van der Waals surface area contributed by atoms with Crippen molar-refractivity contribution in [1.82, 2.24) is 9.78 Å². The largest absolute Gasteiger partial charge is 0.478 e. The molecule has 19 heavy (non-hydrogen) atoms. The lowest BCUT2D eigenvalue weighted by Gasteiger charge is -2.05. The Hall–Kier alpha value is -2.36. The summed E-state index contributed by atoms with van der Waals surface area (Å²) in [6, 6.07) is 7.61. The van der Waals surface area contributed by atoms with Crippen molar-refractivity contribution in [1.29, 1.82) is 0 Å². The molecule has 1 N–H and O–H groups in total. The highest BCUT2D eigenvalue weighted by Crippen LogP contribution is 2.17. The van der Waals surface area contributed by atoms with Crippen molar-refractivity contribution in [3.8, 4) is 5.69 Å². The zero-order chi connectivity index (χ0) is 14.0. The zero-order valence-electron chi connectivity index (χ0n) is 11.2. The van der Waals surface area contributed by atoms with Gasteiger partial charge in [0.05, 0.1) is 11.4 Å². The molecule has 0 atom stereocenters. The molecule has 0 radical (unpaired) electrons. The summed E-state index contributed by atoms with van der Waals surface area (Å²) in [6.45, 7) is 6.08. The number of aryl methyl sites for hydroxylation is 1. The maximum Gasteiger partial charge on any atom is 0.328 e. The Bertz CT molecular complexity index is 637. The molecule has 2 rings (SSSR count). The number of benzene rings is 1. The molecule has 0 amide bonds. The third-order valence-corrected chi connectivity index (χ3v) is 3.21. The number of hydrogen-bond acceptors (Lipinski definition) is 2. The molecule has 0 unspecified atom stereocenters. The number of carboxylic acid groups (broad SMARTS) is 1. The fourth-order valence-electron chi connectivity index (χ4n) is 1.87. The van der Waals surface area contributed by atoms with Crippen LogP contribution in [0.5, 0.6) is 0 Å². The van der Waals surface area contributed by atoms with Crippen molar-refractivity contribution < 1.29 is 9.90 Å². The van der Waals surface area contributed by atoms with Gasteiger partial charge in [0.25, 0.3) is 0 Å². The molecule has 0 aliphatic rings. The molecule has 1 aromatic carbocycles. The highest BCUT2D eigenvalue weighted by atomic mass is 16.4. The van der Waals surface area contributed by atoms with Gasteiger partial charge in [0.1, 0.15) is 0 Å². The van der Waals surface area contributed by atoms with E-state index in [2.05, 4.69) is 12.0 Å². The molecule has 0 aliphatic carbocycles. The van der Waals surface area contributed by atoms with E-state index in [0.717, 1.165) is 28.7 Å². The van der Waals surface area contributed by atoms with Crippen LogP contribution in [0.2, 0.25) is 0 Å². The summed E-state index contributed by atoms with van der Waals surface area (Å²) in [6.07, 6.45) is 2.70. The molecular formula is C15H16N2O2. The van der Waals surface area contributed by atoms with Crippen LogP contribution in [-0.2, 0) is 4.79 Å². The van der Waals surface area contributed by atoms with Gasteiger partial charge in [0, 0.05) is 11.8 Å². The molecule has 0 fully saturated rings. The summed E-state index contributed by atoms with van der Waals surface area (Å²) in [4.78, 5) is 10.4. The van der Waals surface area contributed by atoms with Gasteiger partial charge >= 0.3 is 5.97 Å². The number of aromatic nitrogens is 2. The van der Waals surface area contributed by atoms with Crippen LogP contribution in [0, 0.1) is 20.8 Å². The van der Waals surface area contributed by atoms with Gasteiger partial charge in [-0.25, -0.2) is 9.48 Å². The Balaban J connectivity index is 2.32. The predicted octanol–water partition coefficient (Wildman–Crippen LogP) is 2.90. The summed E-state index contributed by atoms with van der Waals surface area (Å²) >= 11 is 0. The first-order valence-corrected chi connectivity index (χ1v) is 6.03. The Morgan fingerprint density at radius 2 is 1.84 bits per heavy atom. The number of hydrogen-bond donors (Lipinski definition) is 1. The van der Waals surface area contributed by atoms with Gasteiger partial charge in [-0.2, -0.15) is 5.10 Å². The van der Waals surface area contributed by atoms with Gasteiger partial charge in [-0.15, -0.1) is 0 Å². The minimum atomic E-state index is -0.946. The van der Waals surface area contributed by atoms with Crippen molar-refractivity contribution >= 4 is 12.0 Å². The van der Waals surface area contributed by atoms with E-state index in [0.29, 0.717) is 0 Å². The molecule has 0 spiro atoms. The van der Waals surface area contributed by atoms with E-state index in [1.54, 1.807) is 6.08 Å². The SMILES string of the molecule is Cc1nn(-c2ccc(C=CC(=O)O)cc2)c(C)c1C. The Morgan fingerprint density at radius 1 is 1.21 bits per heavy atom. The summed E-state index contributed by atoms with van der Waals surface area (Å²) < 4.78 is 1.90. The highest BCUT2D eigenvalue weighted by Gasteiger charge is 2.08. The summed E-state index contributed by atoms with van der Waals surface area (Å²) in [5.41, 5.74) is 5.15. The van der Waals surface area contributed by atoms with E-state index >= 15 is 0 Å². The van der Waals surface area contributed by atoms with Crippen LogP contribution >= 0.6 is 0 Å². The molecule has 1 aromatic heterocycles. The van der Waals surface area contributed by atoms with E-state index in [-0.39, 0.29) is 0 Å². The lowest BCUT2D eigenvalue weighted by atomic mass is 10.2. The number of carbonyl (C=O) groups is 1. The van der Waals surface area contributed by atoms with Gasteiger partial charge in [0.2, 0.25) is 0 Å². The van der Waals surface area contributed by atoms with Crippen molar-refractivity contribution in [2.45, 2.75) is 20.8 Å². The Kier molecular flexibility index (Phi) is 3.51. The molecule has 0 aliphatic heterocycles. The van der Waals surface area contributed by atoms with E-state index in [1.807, 2.05) is 42.8 Å². The topological polar surface area (TPSA) is 55.1 Å². The van der Waals surface area contributed by atoms with Crippen molar-refractivity contribution in [3.05, 3.63) is 52.9 Å². The molecule has 0 saturated heterocycles. The third-order valence-electron chi connectivity index (χ3n) is 3.21. The minimum Gasteiger partial charge on any atom is -0.478 e. The van der Waals surface area contributed by atoms with E-state index in [4.69, 9.17) is 5.11 Å². The van der Waals surface area contributed by atoms with Crippen LogP contribution in [0.1, 0.15) is 22.5 Å². The Morgan fingerprint density at radius 3 is 2.32 bits per heavy atom. The summed E-state index contributed by atoms with van der Waals surface area (Å²) in [7, 11) is 0. The van der Waals surface area contributed by atoms with Crippen LogP contribution in [0.15, 0.2) is 30.3 Å². The minimum absolute atomic E-state index is 0.851. The van der Waals surface area contributed by atoms with E-state index < -0.39 is 5.97 Å². The average molecular weight is 256 g/mol. The maximum atomic E-state index is 10.4. The summed E-state index contributed by atoms with van der Waals surface area (Å²) in [5.74, 6) is -0.946. The molecule has 4 nitrogen and oxygen atoms in total. The van der Waals surface area contributed by atoms with Gasteiger partial charge < -0.3 is 5.11 Å². The van der Waals surface area contributed by atoms with Crippen LogP contribution < -0.4 is 0 Å². The zero-order valence-corrected chi connectivity index (χ0v) is 11.2. The smallest absolute Gasteiger partial charge is 0.328 e. The third kappa shape index (κ3) is 2.73. The molecule has 2 aromatic rings. The van der Waals surface area contributed by atoms with Crippen LogP contribution in [0.3, 0.4) is 0 Å². The fraction of sp³-hybridized carbons (Fsp3) is 0.200. The lowest BCUT2D eigenvalue weighted by molar-refractivity contribution is -0.131. The lowest BCUT2D eigenvalue weighted by Crippen LogP contribution is -1.99. The first kappa shape index (κ1) is 13.1. The second-order valence-corrected chi connectivity index (χ2v) is 4.47. The van der Waals surface area contributed by atoms with Gasteiger partial charge in [-0.1, -0.05) is 12.1 Å². The van der Waals surface area contributed by atoms with Gasteiger partial charge in [0.15, 0.2) is 0 Å². The summed E-state index contributed by atoms with van der Waals surface area (Å²) in [5, 5.41) is 13.1. The molecule has 0 bridgehead atoms. The van der Waals surface area contributed by atoms with Gasteiger partial charge in [-0.05, 0) is 50.1 Å². The van der Waals surface area contributed by atoms with Crippen molar-refractivity contribution in [2.75, 3.05) is 0 Å². The predicted molar refractivity (Wildman–Crippen MR) is 74.4 cm³/mol. The monoisotopic (exact) mass is 256 g/mol. The molecule has 0 saturated carbocycles. The van der Waals surface area contributed by atoms with Crippen LogP contribution in [0.25, 0.3) is 11.8 Å². The van der Waals surface area contributed by atoms with E-state index in [1.165, 1.54) is 5.56 Å². The first-order valence-electron chi connectivity index (χ1n) is 6.03.